The maximum atomic E-state index is 10.8. The quantitative estimate of drug-likeness (QED) is 0.891. The third kappa shape index (κ3) is 2.08. The van der Waals surface area contributed by atoms with Gasteiger partial charge in [-0.25, -0.2) is 4.98 Å². The molecule has 0 amide bonds. The van der Waals surface area contributed by atoms with Gasteiger partial charge in [0.15, 0.2) is 10.8 Å². The van der Waals surface area contributed by atoms with Crippen molar-refractivity contribution < 1.29 is 10.2 Å². The number of fused-ring (bicyclic) bond motifs is 2. The van der Waals surface area contributed by atoms with E-state index in [1.54, 1.807) is 11.3 Å². The molecule has 6 heteroatoms. The number of hydrogen-bond donors (Lipinski definition) is 2. The Labute approximate surface area is 127 Å². The average Bonchev–Trinajstić information content (AvgIpc) is 3.06. The van der Waals surface area contributed by atoms with Crippen LogP contribution in [0.5, 0.6) is 0 Å². The van der Waals surface area contributed by atoms with E-state index in [1.807, 2.05) is 16.0 Å². The zero-order valence-corrected chi connectivity index (χ0v) is 12.8. The fraction of sp³-hybridized carbons (Fsp3) is 0.667. The summed E-state index contributed by atoms with van der Waals surface area (Å²) >= 11 is 1.59. The summed E-state index contributed by atoms with van der Waals surface area (Å²) in [6, 6.07) is 0. The van der Waals surface area contributed by atoms with Crippen molar-refractivity contribution in [3.8, 4) is 0 Å². The van der Waals surface area contributed by atoms with Gasteiger partial charge < -0.3 is 15.1 Å². The van der Waals surface area contributed by atoms with Crippen molar-refractivity contribution in [2.45, 2.75) is 44.3 Å². The Morgan fingerprint density at radius 2 is 2.29 bits per heavy atom. The number of rotatable bonds is 2. The molecule has 0 aromatic carbocycles. The third-order valence-electron chi connectivity index (χ3n) is 5.22. The molecular formula is C15H21N3O2S. The standard InChI is InChI=1S/C15H21N3O2S/c19-10-12-13(16-14-18(12)7-8-21-14)17-6-5-15(20)4-2-1-3-11(15)9-17/h7-8,11,19-20H,1-6,9-10H2. The van der Waals surface area contributed by atoms with Gasteiger partial charge in [0.1, 0.15) is 0 Å². The summed E-state index contributed by atoms with van der Waals surface area (Å²) in [6.07, 6.45) is 7.18. The van der Waals surface area contributed by atoms with Crippen LogP contribution in [0.15, 0.2) is 11.6 Å². The molecule has 4 rings (SSSR count). The molecule has 1 aliphatic heterocycles. The van der Waals surface area contributed by atoms with Gasteiger partial charge in [0, 0.05) is 30.6 Å². The highest BCUT2D eigenvalue weighted by Gasteiger charge is 2.43. The van der Waals surface area contributed by atoms with Gasteiger partial charge in [0.05, 0.1) is 17.9 Å². The second-order valence-corrected chi connectivity index (χ2v) is 7.21. The largest absolute Gasteiger partial charge is 0.390 e. The fourth-order valence-corrected chi connectivity index (χ4v) is 4.71. The van der Waals surface area contributed by atoms with E-state index in [0.717, 1.165) is 55.2 Å². The Hall–Kier alpha value is -1.11. The molecule has 114 valence electrons. The number of thiazole rings is 1. The number of nitrogens with zero attached hydrogens (tertiary/aromatic N) is 3. The fourth-order valence-electron chi connectivity index (χ4n) is 3.98. The number of imidazole rings is 1. The molecule has 0 radical (unpaired) electrons. The monoisotopic (exact) mass is 307 g/mol. The highest BCUT2D eigenvalue weighted by atomic mass is 32.1. The zero-order chi connectivity index (χ0) is 14.4. The molecule has 5 nitrogen and oxygen atoms in total. The summed E-state index contributed by atoms with van der Waals surface area (Å²) in [5, 5.41) is 22.5. The lowest BCUT2D eigenvalue weighted by Gasteiger charge is -2.47. The van der Waals surface area contributed by atoms with Crippen molar-refractivity contribution in [2.24, 2.45) is 5.92 Å². The summed E-state index contributed by atoms with van der Waals surface area (Å²) in [5.41, 5.74) is 0.401. The zero-order valence-electron chi connectivity index (χ0n) is 12.0. The van der Waals surface area contributed by atoms with Crippen LogP contribution in [0.2, 0.25) is 0 Å². The summed E-state index contributed by atoms with van der Waals surface area (Å²) in [6.45, 7) is 1.68. The molecule has 2 atom stereocenters. The number of aliphatic hydroxyl groups is 2. The SMILES string of the molecule is OCc1c(N2CCC3(O)CCCCC3C2)nc2sccn12. The molecule has 0 spiro atoms. The first-order chi connectivity index (χ1) is 10.2. The van der Waals surface area contributed by atoms with Gasteiger partial charge in [-0.3, -0.25) is 4.40 Å². The number of aromatic nitrogens is 2. The molecule has 2 aromatic heterocycles. The molecule has 2 fully saturated rings. The minimum absolute atomic E-state index is 0.00132. The lowest BCUT2D eigenvalue weighted by molar-refractivity contribution is -0.0613. The van der Waals surface area contributed by atoms with Gasteiger partial charge in [0.25, 0.3) is 0 Å². The topological polar surface area (TPSA) is 61.0 Å². The van der Waals surface area contributed by atoms with E-state index < -0.39 is 5.60 Å². The minimum Gasteiger partial charge on any atom is -0.390 e. The van der Waals surface area contributed by atoms with Gasteiger partial charge >= 0.3 is 0 Å². The Balaban J connectivity index is 1.65. The lowest BCUT2D eigenvalue weighted by Crippen LogP contribution is -2.53. The maximum Gasteiger partial charge on any atom is 0.195 e. The third-order valence-corrected chi connectivity index (χ3v) is 5.97. The van der Waals surface area contributed by atoms with E-state index in [1.165, 1.54) is 6.42 Å². The Morgan fingerprint density at radius 3 is 3.14 bits per heavy atom. The van der Waals surface area contributed by atoms with Crippen LogP contribution in [0.3, 0.4) is 0 Å². The van der Waals surface area contributed by atoms with Crippen LogP contribution in [0.4, 0.5) is 5.82 Å². The van der Waals surface area contributed by atoms with Crippen molar-refractivity contribution >= 4 is 22.1 Å². The Kier molecular flexibility index (Phi) is 3.20. The molecule has 1 saturated carbocycles. The molecule has 0 bridgehead atoms. The van der Waals surface area contributed by atoms with Gasteiger partial charge in [-0.1, -0.05) is 12.8 Å². The second kappa shape index (κ2) is 4.97. The van der Waals surface area contributed by atoms with E-state index in [9.17, 15) is 10.2 Å². The van der Waals surface area contributed by atoms with Crippen LogP contribution in [0.25, 0.3) is 4.96 Å². The average molecular weight is 307 g/mol. The van der Waals surface area contributed by atoms with Crippen LogP contribution < -0.4 is 4.90 Å². The molecular weight excluding hydrogens is 286 g/mol. The number of hydrogen-bond acceptors (Lipinski definition) is 5. The molecule has 1 aliphatic carbocycles. The molecule has 2 unspecified atom stereocenters. The van der Waals surface area contributed by atoms with E-state index in [-0.39, 0.29) is 6.61 Å². The van der Waals surface area contributed by atoms with Crippen LogP contribution >= 0.6 is 11.3 Å². The van der Waals surface area contributed by atoms with Crippen molar-refractivity contribution in [1.29, 1.82) is 0 Å². The minimum atomic E-state index is -0.467. The Morgan fingerprint density at radius 1 is 1.38 bits per heavy atom. The molecule has 1 saturated heterocycles. The number of anilines is 1. The lowest BCUT2D eigenvalue weighted by atomic mass is 9.71. The first-order valence-corrected chi connectivity index (χ1v) is 8.62. The van der Waals surface area contributed by atoms with Gasteiger partial charge in [0.2, 0.25) is 0 Å². The highest BCUT2D eigenvalue weighted by Crippen LogP contribution is 2.41. The van der Waals surface area contributed by atoms with Crippen LogP contribution in [-0.2, 0) is 6.61 Å². The van der Waals surface area contributed by atoms with Crippen molar-refractivity contribution in [1.82, 2.24) is 9.38 Å². The first kappa shape index (κ1) is 13.5. The first-order valence-electron chi connectivity index (χ1n) is 7.74. The summed E-state index contributed by atoms with van der Waals surface area (Å²) in [4.78, 5) is 7.88. The predicted molar refractivity (Wildman–Crippen MR) is 82.7 cm³/mol. The molecule has 2 aromatic rings. The molecule has 2 N–H and O–H groups in total. The number of piperidine rings is 1. The Bertz CT molecular complexity index is 652. The molecule has 2 aliphatic rings. The van der Waals surface area contributed by atoms with Gasteiger partial charge in [-0.2, -0.15) is 0 Å². The number of aliphatic hydroxyl groups excluding tert-OH is 1. The second-order valence-electron chi connectivity index (χ2n) is 6.34. The smallest absolute Gasteiger partial charge is 0.195 e. The van der Waals surface area contributed by atoms with Crippen molar-refractivity contribution in [3.63, 3.8) is 0 Å². The highest BCUT2D eigenvalue weighted by molar-refractivity contribution is 7.15. The van der Waals surface area contributed by atoms with Crippen LogP contribution in [0, 0.1) is 5.92 Å². The van der Waals surface area contributed by atoms with Crippen LogP contribution in [-0.4, -0.2) is 38.3 Å². The van der Waals surface area contributed by atoms with E-state index in [2.05, 4.69) is 4.90 Å². The normalized spacial score (nSPS) is 29.8. The summed E-state index contributed by atoms with van der Waals surface area (Å²) in [7, 11) is 0. The molecule has 21 heavy (non-hydrogen) atoms. The van der Waals surface area contributed by atoms with Gasteiger partial charge in [-0.05, 0) is 19.3 Å². The van der Waals surface area contributed by atoms with E-state index in [0.29, 0.717) is 5.92 Å². The van der Waals surface area contributed by atoms with Crippen LogP contribution in [0.1, 0.15) is 37.8 Å². The molecule has 3 heterocycles. The maximum absolute atomic E-state index is 10.8. The predicted octanol–water partition coefficient (Wildman–Crippen LogP) is 2.02. The van der Waals surface area contributed by atoms with Crippen molar-refractivity contribution in [3.05, 3.63) is 17.3 Å². The van der Waals surface area contributed by atoms with Gasteiger partial charge in [-0.15, -0.1) is 11.3 Å². The van der Waals surface area contributed by atoms with E-state index in [4.69, 9.17) is 4.98 Å². The van der Waals surface area contributed by atoms with E-state index >= 15 is 0 Å². The summed E-state index contributed by atoms with van der Waals surface area (Å²) < 4.78 is 1.97. The van der Waals surface area contributed by atoms with Crippen molar-refractivity contribution in [2.75, 3.05) is 18.0 Å². The summed E-state index contributed by atoms with van der Waals surface area (Å²) in [5.74, 6) is 1.24.